The molecule has 1 heterocycles. The van der Waals surface area contributed by atoms with Crippen LogP contribution in [-0.4, -0.2) is 24.9 Å². The predicted octanol–water partition coefficient (Wildman–Crippen LogP) is 2.02. The lowest BCUT2D eigenvalue weighted by molar-refractivity contribution is -0.385. The summed E-state index contributed by atoms with van der Waals surface area (Å²) in [6.07, 6.45) is 2.23. The maximum absolute atomic E-state index is 12.0. The second kappa shape index (κ2) is 6.95. The van der Waals surface area contributed by atoms with Crippen LogP contribution in [0.3, 0.4) is 0 Å². The third-order valence-electron chi connectivity index (χ3n) is 2.86. The van der Waals surface area contributed by atoms with Crippen LogP contribution in [0.2, 0.25) is 0 Å². The number of thiazole rings is 1. The van der Waals surface area contributed by atoms with E-state index in [0.29, 0.717) is 6.42 Å². The van der Waals surface area contributed by atoms with E-state index < -0.39 is 20.7 Å². The van der Waals surface area contributed by atoms with Crippen LogP contribution in [0.1, 0.15) is 15.4 Å². The van der Waals surface area contributed by atoms with Crippen molar-refractivity contribution < 1.29 is 13.3 Å². The van der Waals surface area contributed by atoms with Crippen molar-refractivity contribution in [2.75, 3.05) is 6.54 Å². The molecule has 1 aromatic carbocycles. The fourth-order valence-electron chi connectivity index (χ4n) is 1.90. The molecule has 7 nitrogen and oxygen atoms in total. The van der Waals surface area contributed by atoms with Gasteiger partial charge in [0, 0.05) is 35.7 Å². The number of hydrogen-bond acceptors (Lipinski definition) is 6. The molecule has 0 amide bonds. The molecular formula is C13H15N3O4S2. The van der Waals surface area contributed by atoms with E-state index in [4.69, 9.17) is 0 Å². The van der Waals surface area contributed by atoms with E-state index in [0.717, 1.165) is 9.88 Å². The number of nitro benzene ring substituents is 1. The number of sulfonamides is 1. The molecule has 0 saturated carbocycles. The molecule has 0 aliphatic carbocycles. The molecule has 0 spiro atoms. The smallest absolute Gasteiger partial charge is 0.258 e. The predicted molar refractivity (Wildman–Crippen MR) is 84.3 cm³/mol. The molecule has 1 aromatic heterocycles. The maximum atomic E-state index is 12.0. The van der Waals surface area contributed by atoms with E-state index in [1.54, 1.807) is 12.3 Å². The minimum Gasteiger partial charge on any atom is -0.258 e. The average molecular weight is 341 g/mol. The zero-order valence-electron chi connectivity index (χ0n) is 11.9. The normalized spacial score (nSPS) is 11.5. The Morgan fingerprint density at radius 1 is 1.36 bits per heavy atom. The SMILES string of the molecule is Cc1cnc(CCNS(=O)(=O)Cc2ccccc2[N+](=O)[O-])s1. The van der Waals surface area contributed by atoms with Crippen LogP contribution in [0.4, 0.5) is 5.69 Å². The van der Waals surface area contributed by atoms with Crippen molar-refractivity contribution in [1.29, 1.82) is 0 Å². The molecule has 0 saturated heterocycles. The third-order valence-corrected chi connectivity index (χ3v) is 5.17. The van der Waals surface area contributed by atoms with Gasteiger partial charge in [-0.2, -0.15) is 0 Å². The van der Waals surface area contributed by atoms with Gasteiger partial charge in [-0.3, -0.25) is 10.1 Å². The lowest BCUT2D eigenvalue weighted by atomic mass is 10.2. The monoisotopic (exact) mass is 341 g/mol. The minimum absolute atomic E-state index is 0.171. The summed E-state index contributed by atoms with van der Waals surface area (Å²) in [7, 11) is -3.63. The molecule has 0 bridgehead atoms. The van der Waals surface area contributed by atoms with Crippen LogP contribution >= 0.6 is 11.3 Å². The fraction of sp³-hybridized carbons (Fsp3) is 0.308. The summed E-state index contributed by atoms with van der Waals surface area (Å²) in [5, 5.41) is 11.7. The van der Waals surface area contributed by atoms with E-state index in [1.165, 1.54) is 29.5 Å². The topological polar surface area (TPSA) is 102 Å². The molecule has 9 heteroatoms. The highest BCUT2D eigenvalue weighted by atomic mass is 32.2. The Labute approximate surface area is 132 Å². The molecule has 22 heavy (non-hydrogen) atoms. The Balaban J connectivity index is 1.98. The van der Waals surface area contributed by atoms with Gasteiger partial charge in [0.25, 0.3) is 5.69 Å². The van der Waals surface area contributed by atoms with Crippen molar-refractivity contribution in [3.8, 4) is 0 Å². The quantitative estimate of drug-likeness (QED) is 0.613. The highest BCUT2D eigenvalue weighted by molar-refractivity contribution is 7.88. The van der Waals surface area contributed by atoms with Crippen molar-refractivity contribution in [1.82, 2.24) is 9.71 Å². The zero-order chi connectivity index (χ0) is 16.2. The van der Waals surface area contributed by atoms with Crippen LogP contribution in [0.5, 0.6) is 0 Å². The Morgan fingerprint density at radius 2 is 2.09 bits per heavy atom. The molecule has 0 radical (unpaired) electrons. The molecular weight excluding hydrogens is 326 g/mol. The summed E-state index contributed by atoms with van der Waals surface area (Å²) in [5.41, 5.74) is -0.0199. The van der Waals surface area contributed by atoms with Crippen molar-refractivity contribution in [3.63, 3.8) is 0 Å². The van der Waals surface area contributed by atoms with Crippen molar-refractivity contribution in [3.05, 3.63) is 56.0 Å². The van der Waals surface area contributed by atoms with E-state index in [1.807, 2.05) is 6.92 Å². The lowest BCUT2D eigenvalue weighted by Gasteiger charge is -2.06. The van der Waals surface area contributed by atoms with Crippen molar-refractivity contribution in [2.24, 2.45) is 0 Å². The molecule has 1 N–H and O–H groups in total. The van der Waals surface area contributed by atoms with Crippen LogP contribution in [0, 0.1) is 17.0 Å². The molecule has 2 aromatic rings. The Morgan fingerprint density at radius 3 is 2.73 bits per heavy atom. The summed E-state index contributed by atoms with van der Waals surface area (Å²) < 4.78 is 26.5. The van der Waals surface area contributed by atoms with E-state index >= 15 is 0 Å². The zero-order valence-corrected chi connectivity index (χ0v) is 13.5. The standard InChI is InChI=1S/C13H15N3O4S2/c1-10-8-14-13(21-10)6-7-15-22(19,20)9-11-4-2-3-5-12(11)16(17)18/h2-5,8,15H,6-7,9H2,1H3. The fourth-order valence-corrected chi connectivity index (χ4v) is 3.85. The first-order valence-electron chi connectivity index (χ1n) is 6.48. The highest BCUT2D eigenvalue weighted by Gasteiger charge is 2.19. The summed E-state index contributed by atoms with van der Waals surface area (Å²) in [5.74, 6) is -0.416. The van der Waals surface area contributed by atoms with Crippen LogP contribution in [0.15, 0.2) is 30.5 Å². The van der Waals surface area contributed by atoms with Crippen molar-refractivity contribution in [2.45, 2.75) is 19.1 Å². The molecule has 0 unspecified atom stereocenters. The largest absolute Gasteiger partial charge is 0.273 e. The number of nitro groups is 1. The lowest BCUT2D eigenvalue weighted by Crippen LogP contribution is -2.27. The Bertz CT molecular complexity index is 771. The van der Waals surface area contributed by atoms with Gasteiger partial charge in [-0.05, 0) is 6.92 Å². The molecule has 0 aliphatic heterocycles. The summed E-state index contributed by atoms with van der Waals surface area (Å²) in [4.78, 5) is 15.5. The van der Waals surface area contributed by atoms with E-state index in [-0.39, 0.29) is 17.8 Å². The number of aromatic nitrogens is 1. The third kappa shape index (κ3) is 4.58. The van der Waals surface area contributed by atoms with Gasteiger partial charge < -0.3 is 0 Å². The van der Waals surface area contributed by atoms with Gasteiger partial charge in [-0.1, -0.05) is 18.2 Å². The average Bonchev–Trinajstić information content (AvgIpc) is 2.84. The molecule has 118 valence electrons. The summed E-state index contributed by atoms with van der Waals surface area (Å²) in [6.45, 7) is 2.15. The maximum Gasteiger partial charge on any atom is 0.273 e. The number of rotatable bonds is 7. The van der Waals surface area contributed by atoms with Gasteiger partial charge in [-0.25, -0.2) is 18.1 Å². The number of hydrogen-bond donors (Lipinski definition) is 1. The first-order valence-corrected chi connectivity index (χ1v) is 8.95. The molecule has 2 rings (SSSR count). The van der Waals surface area contributed by atoms with Crippen LogP contribution < -0.4 is 4.72 Å². The van der Waals surface area contributed by atoms with Gasteiger partial charge >= 0.3 is 0 Å². The molecule has 0 fully saturated rings. The number of benzene rings is 1. The van der Waals surface area contributed by atoms with Crippen LogP contribution in [-0.2, 0) is 22.2 Å². The first kappa shape index (κ1) is 16.5. The highest BCUT2D eigenvalue weighted by Crippen LogP contribution is 2.19. The number of nitrogens with one attached hydrogen (secondary N) is 1. The van der Waals surface area contributed by atoms with Gasteiger partial charge in [0.15, 0.2) is 0 Å². The first-order chi connectivity index (χ1) is 10.4. The Kier molecular flexibility index (Phi) is 5.22. The molecule has 0 aliphatic rings. The van der Waals surface area contributed by atoms with Gasteiger partial charge in [0.1, 0.15) is 0 Å². The van der Waals surface area contributed by atoms with E-state index in [2.05, 4.69) is 9.71 Å². The van der Waals surface area contributed by atoms with Gasteiger partial charge in [-0.15, -0.1) is 11.3 Å². The van der Waals surface area contributed by atoms with Gasteiger partial charge in [0.2, 0.25) is 10.0 Å². The number of para-hydroxylation sites is 1. The van der Waals surface area contributed by atoms with E-state index in [9.17, 15) is 18.5 Å². The number of aryl methyl sites for hydroxylation is 1. The Hall–Kier alpha value is -1.84. The summed E-state index contributed by atoms with van der Waals surface area (Å²) >= 11 is 1.51. The second-order valence-corrected chi connectivity index (χ2v) is 7.78. The minimum atomic E-state index is -3.63. The molecule has 0 atom stereocenters. The van der Waals surface area contributed by atoms with Crippen molar-refractivity contribution >= 4 is 27.0 Å². The summed E-state index contributed by atoms with van der Waals surface area (Å²) in [6, 6.07) is 5.83. The number of nitrogens with zero attached hydrogens (tertiary/aromatic N) is 2. The van der Waals surface area contributed by atoms with Crippen LogP contribution in [0.25, 0.3) is 0 Å². The van der Waals surface area contributed by atoms with Gasteiger partial charge in [0.05, 0.1) is 15.7 Å². The second-order valence-electron chi connectivity index (χ2n) is 4.65.